The summed E-state index contributed by atoms with van der Waals surface area (Å²) in [5.74, 6) is 0.369. The van der Waals surface area contributed by atoms with Crippen LogP contribution < -0.4 is 10.1 Å². The van der Waals surface area contributed by atoms with Crippen molar-refractivity contribution in [1.82, 2.24) is 4.98 Å². The lowest BCUT2D eigenvalue weighted by molar-refractivity contribution is -0.113. The molecule has 1 heterocycles. The summed E-state index contributed by atoms with van der Waals surface area (Å²) in [7, 11) is 1.57. The predicted molar refractivity (Wildman–Crippen MR) is 121 cm³/mol. The molecule has 1 aromatic heterocycles. The van der Waals surface area contributed by atoms with Gasteiger partial charge in [0.05, 0.1) is 24.1 Å². The summed E-state index contributed by atoms with van der Waals surface area (Å²) in [5.41, 5.74) is 3.13. The first-order valence-electron chi connectivity index (χ1n) is 9.52. The Morgan fingerprint density at radius 1 is 1.13 bits per heavy atom. The molecule has 0 radical (unpaired) electrons. The summed E-state index contributed by atoms with van der Waals surface area (Å²) in [5, 5.41) is 13.1. The second-order valence-electron chi connectivity index (χ2n) is 6.73. The molecule has 3 aromatic rings. The number of pyridine rings is 1. The van der Waals surface area contributed by atoms with E-state index >= 15 is 0 Å². The van der Waals surface area contributed by atoms with Crippen molar-refractivity contribution in [2.45, 2.75) is 18.9 Å². The Morgan fingerprint density at radius 2 is 1.81 bits per heavy atom. The zero-order valence-electron chi connectivity index (χ0n) is 17.4. The molecule has 156 valence electrons. The van der Waals surface area contributed by atoms with Crippen LogP contribution in [0.4, 0.5) is 5.69 Å². The number of ether oxygens (including phenoxy) is 1. The number of anilines is 1. The van der Waals surface area contributed by atoms with Gasteiger partial charge in [0, 0.05) is 16.8 Å². The van der Waals surface area contributed by atoms with Gasteiger partial charge < -0.3 is 10.1 Å². The van der Waals surface area contributed by atoms with Crippen molar-refractivity contribution in [3.63, 3.8) is 0 Å². The van der Waals surface area contributed by atoms with Crippen molar-refractivity contribution in [3.8, 4) is 22.9 Å². The first-order chi connectivity index (χ1) is 14.9. The van der Waals surface area contributed by atoms with Gasteiger partial charge in [-0.05, 0) is 43.7 Å². The number of benzene rings is 2. The maximum absolute atomic E-state index is 12.4. The van der Waals surface area contributed by atoms with Crippen molar-refractivity contribution in [3.05, 3.63) is 71.4 Å². The average Bonchev–Trinajstić information content (AvgIpc) is 2.77. The summed E-state index contributed by atoms with van der Waals surface area (Å²) in [4.78, 5) is 29.2. The second kappa shape index (κ2) is 9.92. The zero-order chi connectivity index (χ0) is 22.4. The van der Waals surface area contributed by atoms with Gasteiger partial charge in [-0.25, -0.2) is 4.98 Å². The summed E-state index contributed by atoms with van der Waals surface area (Å²) in [6.07, 6.45) is 0. The molecule has 0 saturated carbocycles. The minimum Gasteiger partial charge on any atom is -0.497 e. The third kappa shape index (κ3) is 5.11. The highest BCUT2D eigenvalue weighted by atomic mass is 32.2. The summed E-state index contributed by atoms with van der Waals surface area (Å²) in [6.45, 7) is 3.19. The van der Waals surface area contributed by atoms with Gasteiger partial charge in [-0.15, -0.1) is 0 Å². The van der Waals surface area contributed by atoms with Crippen molar-refractivity contribution >= 4 is 29.1 Å². The predicted octanol–water partition coefficient (Wildman–Crippen LogP) is 4.87. The smallest absolute Gasteiger partial charge is 0.234 e. The molecule has 2 aromatic carbocycles. The molecule has 7 heteroatoms. The number of aryl methyl sites for hydroxylation is 1. The maximum Gasteiger partial charge on any atom is 0.234 e. The number of rotatable bonds is 7. The number of hydrogen-bond donors (Lipinski definition) is 1. The Balaban J connectivity index is 1.97. The van der Waals surface area contributed by atoms with E-state index in [1.807, 2.05) is 18.2 Å². The van der Waals surface area contributed by atoms with E-state index in [0.29, 0.717) is 38.8 Å². The van der Waals surface area contributed by atoms with Crippen LogP contribution in [0.25, 0.3) is 11.1 Å². The van der Waals surface area contributed by atoms with E-state index in [2.05, 4.69) is 16.4 Å². The van der Waals surface area contributed by atoms with Crippen LogP contribution in [0.1, 0.15) is 28.5 Å². The average molecular weight is 432 g/mol. The number of Topliss-reactive ketones (excluding diaryl/α,β-unsaturated/α-hetero) is 1. The first kappa shape index (κ1) is 22.1. The van der Waals surface area contributed by atoms with E-state index in [0.717, 1.165) is 0 Å². The highest BCUT2D eigenvalue weighted by Crippen LogP contribution is 2.35. The SMILES string of the molecule is COc1ccc(-c2c(C#N)c(SCC(=O)Nc3ccccc3)nc(C)c2C(C)=O)cc1. The number of carbonyl (C=O) groups is 2. The molecule has 0 bridgehead atoms. The van der Waals surface area contributed by atoms with E-state index in [-0.39, 0.29) is 23.0 Å². The molecule has 0 unspecified atom stereocenters. The van der Waals surface area contributed by atoms with Gasteiger partial charge in [0.15, 0.2) is 5.78 Å². The van der Waals surface area contributed by atoms with Crippen molar-refractivity contribution in [1.29, 1.82) is 5.26 Å². The van der Waals surface area contributed by atoms with Gasteiger partial charge in [-0.1, -0.05) is 42.1 Å². The van der Waals surface area contributed by atoms with E-state index in [9.17, 15) is 14.9 Å². The van der Waals surface area contributed by atoms with Gasteiger partial charge in [-0.2, -0.15) is 5.26 Å². The standard InChI is InChI=1S/C24H21N3O3S/c1-15-22(16(2)28)23(17-9-11-19(30-3)12-10-17)20(13-25)24(26-15)31-14-21(29)27-18-7-5-4-6-8-18/h4-12H,14H2,1-3H3,(H,27,29). The lowest BCUT2D eigenvalue weighted by Crippen LogP contribution is -2.14. The van der Waals surface area contributed by atoms with Crippen LogP contribution in [0.3, 0.4) is 0 Å². The number of para-hydroxylation sites is 1. The third-order valence-electron chi connectivity index (χ3n) is 4.59. The number of nitriles is 1. The summed E-state index contributed by atoms with van der Waals surface area (Å²) in [6, 6.07) is 18.5. The Bertz CT molecular complexity index is 1150. The summed E-state index contributed by atoms with van der Waals surface area (Å²) < 4.78 is 5.21. The molecule has 0 aliphatic rings. The third-order valence-corrected chi connectivity index (χ3v) is 5.56. The number of ketones is 1. The molecular weight excluding hydrogens is 410 g/mol. The molecule has 31 heavy (non-hydrogen) atoms. The lowest BCUT2D eigenvalue weighted by Gasteiger charge is -2.16. The Hall–Kier alpha value is -3.63. The van der Waals surface area contributed by atoms with Gasteiger partial charge >= 0.3 is 0 Å². The molecule has 0 saturated heterocycles. The molecule has 6 nitrogen and oxygen atoms in total. The number of nitrogens with zero attached hydrogens (tertiary/aromatic N) is 2. The van der Waals surface area contributed by atoms with E-state index < -0.39 is 0 Å². The number of thioether (sulfide) groups is 1. The molecule has 0 aliphatic carbocycles. The van der Waals surface area contributed by atoms with Crippen molar-refractivity contribution in [2.75, 3.05) is 18.2 Å². The molecular formula is C24H21N3O3S. The van der Waals surface area contributed by atoms with Gasteiger partial charge in [0.2, 0.25) is 5.91 Å². The largest absolute Gasteiger partial charge is 0.497 e. The van der Waals surface area contributed by atoms with Crippen LogP contribution in [-0.2, 0) is 4.79 Å². The Labute approximate surface area is 185 Å². The van der Waals surface area contributed by atoms with Crippen molar-refractivity contribution < 1.29 is 14.3 Å². The number of methoxy groups -OCH3 is 1. The quantitative estimate of drug-likeness (QED) is 0.424. The minimum atomic E-state index is -0.207. The number of aromatic nitrogens is 1. The summed E-state index contributed by atoms with van der Waals surface area (Å²) >= 11 is 1.17. The Morgan fingerprint density at radius 3 is 2.39 bits per heavy atom. The molecule has 0 fully saturated rings. The highest BCUT2D eigenvalue weighted by molar-refractivity contribution is 8.00. The molecule has 1 N–H and O–H groups in total. The van der Waals surface area contributed by atoms with Crippen LogP contribution in [0.2, 0.25) is 0 Å². The molecule has 1 amide bonds. The molecule has 3 rings (SSSR count). The lowest BCUT2D eigenvalue weighted by atomic mass is 9.93. The fourth-order valence-corrected chi connectivity index (χ4v) is 4.05. The normalized spacial score (nSPS) is 10.3. The first-order valence-corrected chi connectivity index (χ1v) is 10.5. The fraction of sp³-hybridized carbons (Fsp3) is 0.167. The Kier molecular flexibility index (Phi) is 7.06. The monoisotopic (exact) mass is 431 g/mol. The maximum atomic E-state index is 12.4. The van der Waals surface area contributed by atoms with Gasteiger partial charge in [0.1, 0.15) is 16.8 Å². The van der Waals surface area contributed by atoms with Gasteiger partial charge in [0.25, 0.3) is 0 Å². The highest BCUT2D eigenvalue weighted by Gasteiger charge is 2.22. The molecule has 0 atom stereocenters. The minimum absolute atomic E-state index is 0.0808. The van der Waals surface area contributed by atoms with E-state index in [1.54, 1.807) is 50.4 Å². The van der Waals surface area contributed by atoms with Crippen LogP contribution in [0, 0.1) is 18.3 Å². The van der Waals surface area contributed by atoms with E-state index in [4.69, 9.17) is 4.74 Å². The number of carbonyl (C=O) groups excluding carboxylic acids is 2. The van der Waals surface area contributed by atoms with Gasteiger partial charge in [-0.3, -0.25) is 9.59 Å². The topological polar surface area (TPSA) is 92.1 Å². The molecule has 0 aliphatic heterocycles. The van der Waals surface area contributed by atoms with Crippen LogP contribution >= 0.6 is 11.8 Å². The molecule has 0 spiro atoms. The van der Waals surface area contributed by atoms with E-state index in [1.165, 1.54) is 18.7 Å². The number of amides is 1. The van der Waals surface area contributed by atoms with Crippen LogP contribution in [0.5, 0.6) is 5.75 Å². The fourth-order valence-electron chi connectivity index (χ4n) is 3.21. The van der Waals surface area contributed by atoms with Crippen LogP contribution in [-0.4, -0.2) is 29.5 Å². The number of hydrogen-bond acceptors (Lipinski definition) is 6. The van der Waals surface area contributed by atoms with Crippen LogP contribution in [0.15, 0.2) is 59.6 Å². The number of nitrogens with one attached hydrogen (secondary N) is 1. The zero-order valence-corrected chi connectivity index (χ0v) is 18.2. The van der Waals surface area contributed by atoms with Crippen molar-refractivity contribution in [2.24, 2.45) is 0 Å². The second-order valence-corrected chi connectivity index (χ2v) is 7.69.